The molecule has 0 bridgehead atoms. The molecule has 0 unspecified atom stereocenters. The first-order valence-electron chi connectivity index (χ1n) is 9.26. The summed E-state index contributed by atoms with van der Waals surface area (Å²) in [5.74, 6) is 1.27. The standard InChI is InChI=1S/C20H26N4O/c1-4-24-15(3)17(14(2)22-24)13-23-11-7-8-16(12-23)20-21-18-9-5-6-10-19(18)25-20/h5-6,9-10,16H,4,7-8,11-13H2,1-3H3/t16-/m1/s1. The molecular weight excluding hydrogens is 312 g/mol. The quantitative estimate of drug-likeness (QED) is 0.720. The molecule has 0 spiro atoms. The van der Waals surface area contributed by atoms with E-state index < -0.39 is 0 Å². The molecule has 3 heterocycles. The summed E-state index contributed by atoms with van der Waals surface area (Å²) in [6, 6.07) is 8.03. The third-order valence-electron chi connectivity index (χ3n) is 5.38. The van der Waals surface area contributed by atoms with Gasteiger partial charge >= 0.3 is 0 Å². The average Bonchev–Trinajstić information content (AvgIpc) is 3.18. The van der Waals surface area contributed by atoms with Crippen molar-refractivity contribution in [3.8, 4) is 0 Å². The van der Waals surface area contributed by atoms with Crippen molar-refractivity contribution in [2.45, 2.75) is 52.6 Å². The summed E-state index contributed by atoms with van der Waals surface area (Å²) in [5, 5.41) is 4.66. The van der Waals surface area contributed by atoms with E-state index in [0.29, 0.717) is 5.92 Å². The molecule has 0 aliphatic carbocycles. The van der Waals surface area contributed by atoms with Gasteiger partial charge in [0.2, 0.25) is 0 Å². The highest BCUT2D eigenvalue weighted by molar-refractivity contribution is 5.72. The minimum absolute atomic E-state index is 0.378. The zero-order chi connectivity index (χ0) is 17.4. The Bertz CT molecular complexity index is 846. The number of aryl methyl sites for hydroxylation is 2. The van der Waals surface area contributed by atoms with E-state index in [1.807, 2.05) is 24.3 Å². The summed E-state index contributed by atoms with van der Waals surface area (Å²) in [7, 11) is 0. The lowest BCUT2D eigenvalue weighted by Crippen LogP contribution is -2.34. The van der Waals surface area contributed by atoms with Gasteiger partial charge in [0.1, 0.15) is 5.52 Å². The van der Waals surface area contributed by atoms with Gasteiger partial charge in [0.05, 0.1) is 5.69 Å². The number of oxazole rings is 1. The minimum Gasteiger partial charge on any atom is -0.440 e. The third-order valence-corrected chi connectivity index (χ3v) is 5.38. The molecule has 0 amide bonds. The van der Waals surface area contributed by atoms with E-state index in [4.69, 9.17) is 9.40 Å². The lowest BCUT2D eigenvalue weighted by molar-refractivity contribution is 0.186. The van der Waals surface area contributed by atoms with Crippen LogP contribution in [0, 0.1) is 13.8 Å². The number of para-hydroxylation sites is 2. The molecule has 25 heavy (non-hydrogen) atoms. The second-order valence-electron chi connectivity index (χ2n) is 7.06. The summed E-state index contributed by atoms with van der Waals surface area (Å²) in [5.41, 5.74) is 5.68. The van der Waals surface area contributed by atoms with Crippen LogP contribution in [-0.2, 0) is 13.1 Å². The van der Waals surface area contributed by atoms with Crippen LogP contribution in [0.3, 0.4) is 0 Å². The summed E-state index contributed by atoms with van der Waals surface area (Å²) in [6.45, 7) is 10.5. The fraction of sp³-hybridized carbons (Fsp3) is 0.500. The molecular formula is C20H26N4O. The Labute approximate surface area is 148 Å². The zero-order valence-electron chi connectivity index (χ0n) is 15.3. The summed E-state index contributed by atoms with van der Waals surface area (Å²) in [6.07, 6.45) is 2.33. The predicted molar refractivity (Wildman–Crippen MR) is 98.6 cm³/mol. The normalized spacial score (nSPS) is 18.9. The molecule has 3 aromatic rings. The Morgan fingerprint density at radius 1 is 1.24 bits per heavy atom. The van der Waals surface area contributed by atoms with Gasteiger partial charge in [0, 0.05) is 36.8 Å². The van der Waals surface area contributed by atoms with E-state index in [1.165, 1.54) is 17.7 Å². The third kappa shape index (κ3) is 3.09. The van der Waals surface area contributed by atoms with Crippen molar-refractivity contribution < 1.29 is 4.42 Å². The van der Waals surface area contributed by atoms with Gasteiger partial charge in [0.15, 0.2) is 11.5 Å². The molecule has 1 saturated heterocycles. The predicted octanol–water partition coefficient (Wildman–Crippen LogP) is 4.04. The van der Waals surface area contributed by atoms with Crippen molar-refractivity contribution in [3.63, 3.8) is 0 Å². The molecule has 5 heteroatoms. The monoisotopic (exact) mass is 338 g/mol. The van der Waals surface area contributed by atoms with Gasteiger partial charge in [-0.1, -0.05) is 12.1 Å². The van der Waals surface area contributed by atoms with Gasteiger partial charge in [-0.05, 0) is 52.3 Å². The maximum absolute atomic E-state index is 6.02. The number of fused-ring (bicyclic) bond motifs is 1. The van der Waals surface area contributed by atoms with Crippen LogP contribution < -0.4 is 0 Å². The number of benzene rings is 1. The van der Waals surface area contributed by atoms with Crippen LogP contribution in [0.1, 0.15) is 48.5 Å². The largest absolute Gasteiger partial charge is 0.440 e. The van der Waals surface area contributed by atoms with Crippen molar-refractivity contribution in [1.29, 1.82) is 0 Å². The first-order chi connectivity index (χ1) is 12.2. The molecule has 1 fully saturated rings. The first kappa shape index (κ1) is 16.3. The lowest BCUT2D eigenvalue weighted by atomic mass is 9.97. The van der Waals surface area contributed by atoms with Gasteiger partial charge in [-0.3, -0.25) is 9.58 Å². The molecule has 1 aromatic carbocycles. The number of hydrogen-bond donors (Lipinski definition) is 0. The maximum atomic E-state index is 6.02. The summed E-state index contributed by atoms with van der Waals surface area (Å²) < 4.78 is 8.12. The zero-order valence-corrected chi connectivity index (χ0v) is 15.3. The highest BCUT2D eigenvalue weighted by Gasteiger charge is 2.26. The second kappa shape index (κ2) is 6.64. The molecule has 2 aromatic heterocycles. The molecule has 4 rings (SSSR count). The first-order valence-corrected chi connectivity index (χ1v) is 9.26. The molecule has 132 valence electrons. The van der Waals surface area contributed by atoms with E-state index in [2.05, 4.69) is 35.5 Å². The Balaban J connectivity index is 1.52. The van der Waals surface area contributed by atoms with E-state index in [-0.39, 0.29) is 0 Å². The van der Waals surface area contributed by atoms with Gasteiger partial charge in [-0.25, -0.2) is 4.98 Å². The SMILES string of the molecule is CCn1nc(C)c(CN2CCC[C@@H](c3nc4ccccc4o3)C2)c1C. The number of piperidine rings is 1. The van der Waals surface area contributed by atoms with Crippen LogP contribution in [0.15, 0.2) is 28.7 Å². The van der Waals surface area contributed by atoms with E-state index in [0.717, 1.165) is 55.3 Å². The Morgan fingerprint density at radius 3 is 2.84 bits per heavy atom. The van der Waals surface area contributed by atoms with Crippen molar-refractivity contribution >= 4 is 11.1 Å². The second-order valence-corrected chi connectivity index (χ2v) is 7.06. The van der Waals surface area contributed by atoms with Gasteiger partial charge in [0.25, 0.3) is 0 Å². The van der Waals surface area contributed by atoms with Crippen LogP contribution in [0.5, 0.6) is 0 Å². The van der Waals surface area contributed by atoms with Crippen LogP contribution in [0.4, 0.5) is 0 Å². The highest BCUT2D eigenvalue weighted by atomic mass is 16.3. The van der Waals surface area contributed by atoms with Crippen LogP contribution in [0.25, 0.3) is 11.1 Å². The Kier molecular flexibility index (Phi) is 4.34. The van der Waals surface area contributed by atoms with Crippen LogP contribution in [-0.4, -0.2) is 32.8 Å². The van der Waals surface area contributed by atoms with Crippen LogP contribution in [0.2, 0.25) is 0 Å². The summed E-state index contributed by atoms with van der Waals surface area (Å²) in [4.78, 5) is 7.25. The van der Waals surface area contributed by atoms with Crippen LogP contribution >= 0.6 is 0 Å². The van der Waals surface area contributed by atoms with E-state index >= 15 is 0 Å². The highest BCUT2D eigenvalue weighted by Crippen LogP contribution is 2.30. The van der Waals surface area contributed by atoms with Gasteiger partial charge < -0.3 is 4.42 Å². The minimum atomic E-state index is 0.378. The topological polar surface area (TPSA) is 47.1 Å². The number of aromatic nitrogens is 3. The van der Waals surface area contributed by atoms with Crippen molar-refractivity contribution in [2.24, 2.45) is 0 Å². The fourth-order valence-electron chi connectivity index (χ4n) is 3.96. The number of rotatable bonds is 4. The molecule has 1 aliphatic rings. The fourth-order valence-corrected chi connectivity index (χ4v) is 3.96. The smallest absolute Gasteiger partial charge is 0.199 e. The van der Waals surface area contributed by atoms with Crippen molar-refractivity contribution in [2.75, 3.05) is 13.1 Å². The summed E-state index contributed by atoms with van der Waals surface area (Å²) >= 11 is 0. The average molecular weight is 338 g/mol. The van der Waals surface area contributed by atoms with Crippen molar-refractivity contribution in [3.05, 3.63) is 47.1 Å². The number of hydrogen-bond acceptors (Lipinski definition) is 4. The lowest BCUT2D eigenvalue weighted by Gasteiger charge is -2.31. The molecule has 0 saturated carbocycles. The maximum Gasteiger partial charge on any atom is 0.199 e. The molecule has 1 aliphatic heterocycles. The Morgan fingerprint density at radius 2 is 2.08 bits per heavy atom. The van der Waals surface area contributed by atoms with E-state index in [9.17, 15) is 0 Å². The van der Waals surface area contributed by atoms with Crippen molar-refractivity contribution in [1.82, 2.24) is 19.7 Å². The van der Waals surface area contributed by atoms with E-state index in [1.54, 1.807) is 0 Å². The molecule has 0 radical (unpaired) electrons. The molecule has 5 nitrogen and oxygen atoms in total. The number of nitrogens with zero attached hydrogens (tertiary/aromatic N) is 4. The van der Waals surface area contributed by atoms with Gasteiger partial charge in [-0.15, -0.1) is 0 Å². The Hall–Kier alpha value is -2.14. The number of likely N-dealkylation sites (tertiary alicyclic amines) is 1. The molecule has 0 N–H and O–H groups in total. The van der Waals surface area contributed by atoms with Gasteiger partial charge in [-0.2, -0.15) is 5.10 Å². The molecule has 1 atom stereocenters.